The van der Waals surface area contributed by atoms with Crippen LogP contribution in [0.25, 0.3) is 0 Å². The molecule has 5 heteroatoms. The summed E-state index contributed by atoms with van der Waals surface area (Å²) in [6.07, 6.45) is 0.983. The molecule has 0 spiro atoms. The van der Waals surface area contributed by atoms with Crippen LogP contribution in [0.5, 0.6) is 5.75 Å². The first-order chi connectivity index (χ1) is 9.04. The largest absolute Gasteiger partial charge is 0.489 e. The number of rotatable bonds is 7. The van der Waals surface area contributed by atoms with Crippen LogP contribution in [0.1, 0.15) is 27.2 Å². The molecule has 1 aromatic rings. The van der Waals surface area contributed by atoms with Crippen molar-refractivity contribution in [1.82, 2.24) is 5.32 Å². The second-order valence-electron chi connectivity index (χ2n) is 4.59. The summed E-state index contributed by atoms with van der Waals surface area (Å²) >= 11 is 0. The van der Waals surface area contributed by atoms with Crippen molar-refractivity contribution >= 4 is 17.3 Å². The number of ether oxygens (including phenoxy) is 1. The first-order valence-corrected chi connectivity index (χ1v) is 6.60. The lowest BCUT2D eigenvalue weighted by Gasteiger charge is -2.15. The van der Waals surface area contributed by atoms with Crippen molar-refractivity contribution in [2.75, 3.05) is 24.1 Å². The molecule has 0 fully saturated rings. The lowest BCUT2D eigenvalue weighted by atomic mass is 10.2. The average molecular weight is 265 g/mol. The Kier molecular flexibility index (Phi) is 5.99. The first-order valence-electron chi connectivity index (χ1n) is 6.60. The number of hydrogen-bond donors (Lipinski definition) is 3. The van der Waals surface area contributed by atoms with Crippen molar-refractivity contribution in [2.24, 2.45) is 0 Å². The smallest absolute Gasteiger partial charge is 0.239 e. The summed E-state index contributed by atoms with van der Waals surface area (Å²) in [7, 11) is 0. The van der Waals surface area contributed by atoms with Crippen LogP contribution in [0, 0.1) is 0 Å². The van der Waals surface area contributed by atoms with Crippen molar-refractivity contribution in [3.63, 3.8) is 0 Å². The van der Waals surface area contributed by atoms with Gasteiger partial charge in [0.15, 0.2) is 0 Å². The van der Waals surface area contributed by atoms with Crippen molar-refractivity contribution in [1.29, 1.82) is 0 Å². The molecule has 0 saturated heterocycles. The monoisotopic (exact) mass is 265 g/mol. The molecule has 106 valence electrons. The Hall–Kier alpha value is -1.91. The number of nitrogens with two attached hydrogens (primary N) is 1. The van der Waals surface area contributed by atoms with E-state index < -0.39 is 0 Å². The van der Waals surface area contributed by atoms with Crippen LogP contribution in [0.4, 0.5) is 11.4 Å². The van der Waals surface area contributed by atoms with Gasteiger partial charge < -0.3 is 21.1 Å². The van der Waals surface area contributed by atoms with Gasteiger partial charge in [0.25, 0.3) is 0 Å². The fraction of sp³-hybridized carbons (Fsp3) is 0.500. The van der Waals surface area contributed by atoms with Gasteiger partial charge in [-0.25, -0.2) is 0 Å². The predicted molar refractivity (Wildman–Crippen MR) is 78.4 cm³/mol. The van der Waals surface area contributed by atoms with Gasteiger partial charge in [0, 0.05) is 6.54 Å². The molecule has 1 rings (SSSR count). The molecule has 0 atom stereocenters. The maximum Gasteiger partial charge on any atom is 0.239 e. The molecule has 19 heavy (non-hydrogen) atoms. The molecule has 0 aromatic heterocycles. The van der Waals surface area contributed by atoms with Gasteiger partial charge in [-0.1, -0.05) is 13.0 Å². The molecule has 1 amide bonds. The molecule has 5 nitrogen and oxygen atoms in total. The molecule has 0 bridgehead atoms. The number of nitrogens with one attached hydrogen (secondary N) is 2. The summed E-state index contributed by atoms with van der Waals surface area (Å²) in [4.78, 5) is 11.5. The molecule has 1 aromatic carbocycles. The normalized spacial score (nSPS) is 10.3. The third-order valence-electron chi connectivity index (χ3n) is 2.44. The Balaban J connectivity index is 2.61. The molecule has 0 saturated carbocycles. The molecule has 0 aliphatic carbocycles. The number of anilines is 2. The van der Waals surface area contributed by atoms with E-state index in [1.54, 1.807) is 0 Å². The van der Waals surface area contributed by atoms with Gasteiger partial charge in [-0.15, -0.1) is 0 Å². The predicted octanol–water partition coefficient (Wildman–Crippen LogP) is 1.99. The van der Waals surface area contributed by atoms with E-state index in [0.717, 1.165) is 6.42 Å². The Labute approximate surface area is 114 Å². The summed E-state index contributed by atoms with van der Waals surface area (Å²) in [6.45, 7) is 6.79. The molecular weight excluding hydrogens is 242 g/mol. The summed E-state index contributed by atoms with van der Waals surface area (Å²) in [5.74, 6) is 0.588. The van der Waals surface area contributed by atoms with E-state index >= 15 is 0 Å². The van der Waals surface area contributed by atoms with E-state index in [1.807, 2.05) is 39.0 Å². The Morgan fingerprint density at radius 3 is 2.79 bits per heavy atom. The second-order valence-corrected chi connectivity index (χ2v) is 4.59. The van der Waals surface area contributed by atoms with Crippen molar-refractivity contribution in [3.8, 4) is 5.75 Å². The van der Waals surface area contributed by atoms with E-state index in [4.69, 9.17) is 10.5 Å². The SMILES string of the molecule is CCCNC(=O)CNc1cccc(OC(C)C)c1N. The van der Waals surface area contributed by atoms with Crippen LogP contribution in [-0.2, 0) is 4.79 Å². The van der Waals surface area contributed by atoms with Gasteiger partial charge in [0.1, 0.15) is 5.75 Å². The third kappa shape index (κ3) is 5.07. The molecule has 0 radical (unpaired) electrons. The average Bonchev–Trinajstić information content (AvgIpc) is 2.37. The second kappa shape index (κ2) is 7.51. The topological polar surface area (TPSA) is 76.4 Å². The highest BCUT2D eigenvalue weighted by Gasteiger charge is 2.08. The lowest BCUT2D eigenvalue weighted by molar-refractivity contribution is -0.119. The molecule has 0 aliphatic heterocycles. The zero-order valence-corrected chi connectivity index (χ0v) is 11.8. The van der Waals surface area contributed by atoms with E-state index in [0.29, 0.717) is 23.7 Å². The van der Waals surface area contributed by atoms with Gasteiger partial charge in [0.05, 0.1) is 24.0 Å². The van der Waals surface area contributed by atoms with Gasteiger partial charge >= 0.3 is 0 Å². The van der Waals surface area contributed by atoms with E-state index in [9.17, 15) is 4.79 Å². The fourth-order valence-corrected chi connectivity index (χ4v) is 1.56. The molecular formula is C14H23N3O2. The zero-order chi connectivity index (χ0) is 14.3. The van der Waals surface area contributed by atoms with Crippen molar-refractivity contribution < 1.29 is 9.53 Å². The van der Waals surface area contributed by atoms with Crippen molar-refractivity contribution in [2.45, 2.75) is 33.3 Å². The Bertz CT molecular complexity index is 419. The maximum absolute atomic E-state index is 11.5. The minimum absolute atomic E-state index is 0.0450. The summed E-state index contributed by atoms with van der Waals surface area (Å²) in [5, 5.41) is 5.81. The van der Waals surface area contributed by atoms with Crippen LogP contribution < -0.4 is 21.1 Å². The summed E-state index contributed by atoms with van der Waals surface area (Å²) in [6, 6.07) is 5.49. The number of nitrogen functional groups attached to an aromatic ring is 1. The highest BCUT2D eigenvalue weighted by Crippen LogP contribution is 2.29. The number of hydrogen-bond acceptors (Lipinski definition) is 4. The number of para-hydroxylation sites is 1. The number of carbonyl (C=O) groups is 1. The molecule has 0 heterocycles. The Morgan fingerprint density at radius 2 is 2.16 bits per heavy atom. The molecule has 0 unspecified atom stereocenters. The Morgan fingerprint density at radius 1 is 1.42 bits per heavy atom. The lowest BCUT2D eigenvalue weighted by Crippen LogP contribution is -2.30. The minimum Gasteiger partial charge on any atom is -0.489 e. The van der Waals surface area contributed by atoms with E-state index in [2.05, 4.69) is 10.6 Å². The zero-order valence-electron chi connectivity index (χ0n) is 11.8. The summed E-state index contributed by atoms with van der Waals surface area (Å²) in [5.41, 5.74) is 7.24. The third-order valence-corrected chi connectivity index (χ3v) is 2.44. The number of benzene rings is 1. The van der Waals surface area contributed by atoms with Crippen LogP contribution in [0.15, 0.2) is 18.2 Å². The van der Waals surface area contributed by atoms with E-state index in [-0.39, 0.29) is 18.6 Å². The number of amides is 1. The van der Waals surface area contributed by atoms with Gasteiger partial charge in [-0.3, -0.25) is 4.79 Å². The fourth-order valence-electron chi connectivity index (χ4n) is 1.56. The van der Waals surface area contributed by atoms with Gasteiger partial charge in [-0.2, -0.15) is 0 Å². The molecule has 4 N–H and O–H groups in total. The van der Waals surface area contributed by atoms with Crippen LogP contribution in [0.2, 0.25) is 0 Å². The first kappa shape index (κ1) is 15.1. The quantitative estimate of drug-likeness (QED) is 0.659. The highest BCUT2D eigenvalue weighted by molar-refractivity contribution is 5.83. The standard InChI is InChI=1S/C14H23N3O2/c1-4-8-16-13(18)9-17-11-6-5-7-12(14(11)15)19-10(2)3/h5-7,10,17H,4,8-9,15H2,1-3H3,(H,16,18). The van der Waals surface area contributed by atoms with E-state index in [1.165, 1.54) is 0 Å². The molecule has 0 aliphatic rings. The van der Waals surface area contributed by atoms with Gasteiger partial charge in [-0.05, 0) is 32.4 Å². The van der Waals surface area contributed by atoms with Gasteiger partial charge in [0.2, 0.25) is 5.91 Å². The maximum atomic E-state index is 11.5. The van der Waals surface area contributed by atoms with Crippen LogP contribution in [-0.4, -0.2) is 25.1 Å². The van der Waals surface area contributed by atoms with Crippen molar-refractivity contribution in [3.05, 3.63) is 18.2 Å². The van der Waals surface area contributed by atoms with Crippen LogP contribution in [0.3, 0.4) is 0 Å². The minimum atomic E-state index is -0.0450. The highest BCUT2D eigenvalue weighted by atomic mass is 16.5. The van der Waals surface area contributed by atoms with Crippen LogP contribution >= 0.6 is 0 Å². The summed E-state index contributed by atoms with van der Waals surface area (Å²) < 4.78 is 5.59. The number of carbonyl (C=O) groups excluding carboxylic acids is 1.